The fraction of sp³-hybridized carbons (Fsp3) is 0.375. The van der Waals surface area contributed by atoms with Gasteiger partial charge in [0.2, 0.25) is 17.6 Å². The highest BCUT2D eigenvalue weighted by molar-refractivity contribution is 7.13. The van der Waals surface area contributed by atoms with Crippen LogP contribution in [0.2, 0.25) is 0 Å². The summed E-state index contributed by atoms with van der Waals surface area (Å²) >= 11 is 1.52. The number of thiophene rings is 1. The van der Waals surface area contributed by atoms with E-state index < -0.39 is 12.0 Å². The van der Waals surface area contributed by atoms with Gasteiger partial charge in [0.25, 0.3) is 0 Å². The highest BCUT2D eigenvalue weighted by atomic mass is 32.1. The molecule has 0 spiro atoms. The largest absolute Gasteiger partial charge is 0.480 e. The molecule has 7 nitrogen and oxygen atoms in total. The molecule has 0 aliphatic carbocycles. The predicted molar refractivity (Wildman–Crippen MR) is 89.5 cm³/mol. The third-order valence-electron chi connectivity index (χ3n) is 3.24. The van der Waals surface area contributed by atoms with Crippen LogP contribution in [0, 0.1) is 0 Å². The van der Waals surface area contributed by atoms with Gasteiger partial charge >= 0.3 is 5.97 Å². The van der Waals surface area contributed by atoms with Crippen LogP contribution in [0.25, 0.3) is 10.7 Å². The Morgan fingerprint density at radius 3 is 3.00 bits per heavy atom. The topological polar surface area (TPSA) is 105 Å². The molecule has 1 unspecified atom stereocenters. The standard InChI is InChI=1S/C16H19N3O4S/c1-2-3-6-11(16(21)22)17-13(20)8-4-9-14-18-15(19-23-14)12-7-5-10-24-12/h2-3,5,7,10-11H,4,6,8-9H2,1H3,(H,17,20)(H,21,22)/b3-2+. The molecule has 0 radical (unpaired) electrons. The van der Waals surface area contributed by atoms with Gasteiger partial charge in [-0.05, 0) is 31.2 Å². The fourth-order valence-corrected chi connectivity index (χ4v) is 2.67. The Morgan fingerprint density at radius 1 is 1.50 bits per heavy atom. The molecule has 8 heteroatoms. The molecular formula is C16H19N3O4S. The Balaban J connectivity index is 1.77. The molecule has 0 saturated carbocycles. The Labute approximate surface area is 143 Å². The number of amides is 1. The smallest absolute Gasteiger partial charge is 0.326 e. The van der Waals surface area contributed by atoms with E-state index in [9.17, 15) is 9.59 Å². The van der Waals surface area contributed by atoms with E-state index in [1.54, 1.807) is 19.1 Å². The number of carboxylic acid groups (broad SMARTS) is 1. The van der Waals surface area contributed by atoms with Crippen molar-refractivity contribution in [2.75, 3.05) is 0 Å². The van der Waals surface area contributed by atoms with Gasteiger partial charge in [0.1, 0.15) is 6.04 Å². The van der Waals surface area contributed by atoms with Crippen molar-refractivity contribution in [3.63, 3.8) is 0 Å². The maximum atomic E-state index is 11.8. The Morgan fingerprint density at radius 2 is 2.33 bits per heavy atom. The van der Waals surface area contributed by atoms with Gasteiger partial charge in [-0.1, -0.05) is 23.4 Å². The summed E-state index contributed by atoms with van der Waals surface area (Å²) < 4.78 is 5.15. The van der Waals surface area contributed by atoms with E-state index in [1.165, 1.54) is 11.3 Å². The molecule has 1 atom stereocenters. The molecule has 2 rings (SSSR count). The van der Waals surface area contributed by atoms with Gasteiger partial charge in [-0.25, -0.2) is 4.79 Å². The number of hydrogen-bond acceptors (Lipinski definition) is 6. The molecule has 2 N–H and O–H groups in total. The van der Waals surface area contributed by atoms with E-state index >= 15 is 0 Å². The molecule has 0 bridgehead atoms. The van der Waals surface area contributed by atoms with Crippen molar-refractivity contribution in [2.45, 2.75) is 38.6 Å². The molecule has 0 aromatic carbocycles. The minimum atomic E-state index is -1.04. The van der Waals surface area contributed by atoms with Crippen molar-refractivity contribution in [3.8, 4) is 10.7 Å². The molecule has 1 amide bonds. The number of carbonyl (C=O) groups excluding carboxylic acids is 1. The maximum Gasteiger partial charge on any atom is 0.326 e. The van der Waals surface area contributed by atoms with Crippen LogP contribution >= 0.6 is 11.3 Å². The quantitative estimate of drug-likeness (QED) is 0.674. The first-order chi connectivity index (χ1) is 11.6. The monoisotopic (exact) mass is 349 g/mol. The minimum Gasteiger partial charge on any atom is -0.480 e. The van der Waals surface area contributed by atoms with Crippen LogP contribution < -0.4 is 5.32 Å². The van der Waals surface area contributed by atoms with Crippen molar-refractivity contribution >= 4 is 23.2 Å². The Kier molecular flexibility index (Phi) is 6.68. The van der Waals surface area contributed by atoms with Crippen molar-refractivity contribution in [2.24, 2.45) is 0 Å². The van der Waals surface area contributed by atoms with E-state index in [-0.39, 0.29) is 18.7 Å². The first kappa shape index (κ1) is 17.9. The second-order valence-corrected chi connectivity index (χ2v) is 6.05. The van der Waals surface area contributed by atoms with Crippen molar-refractivity contribution in [1.82, 2.24) is 15.5 Å². The summed E-state index contributed by atoms with van der Waals surface area (Å²) in [6.07, 6.45) is 4.92. The van der Waals surface area contributed by atoms with Gasteiger partial charge in [-0.15, -0.1) is 11.3 Å². The van der Waals surface area contributed by atoms with Gasteiger partial charge in [0.05, 0.1) is 4.88 Å². The first-order valence-corrected chi connectivity index (χ1v) is 8.48. The Hall–Kier alpha value is -2.48. The first-order valence-electron chi connectivity index (χ1n) is 7.60. The van der Waals surface area contributed by atoms with Gasteiger partial charge < -0.3 is 14.9 Å². The summed E-state index contributed by atoms with van der Waals surface area (Å²) in [6.45, 7) is 1.80. The highest BCUT2D eigenvalue weighted by Crippen LogP contribution is 2.21. The molecular weight excluding hydrogens is 330 g/mol. The number of aliphatic carboxylic acids is 1. The highest BCUT2D eigenvalue weighted by Gasteiger charge is 2.18. The number of nitrogens with zero attached hydrogens (tertiary/aromatic N) is 2. The van der Waals surface area contributed by atoms with Crippen LogP contribution in [0.3, 0.4) is 0 Å². The molecule has 0 aliphatic rings. The number of hydrogen-bond donors (Lipinski definition) is 2. The average Bonchev–Trinajstić information content (AvgIpc) is 3.22. The van der Waals surface area contributed by atoms with Crippen LogP contribution in [0.4, 0.5) is 0 Å². The van der Waals surface area contributed by atoms with E-state index in [2.05, 4.69) is 15.5 Å². The SMILES string of the molecule is C/C=C/CC(NC(=O)CCCc1nc(-c2cccs2)no1)C(=O)O. The molecule has 0 aliphatic heterocycles. The molecule has 0 fully saturated rings. The number of aryl methyl sites for hydroxylation is 1. The maximum absolute atomic E-state index is 11.8. The minimum absolute atomic E-state index is 0.205. The molecule has 2 heterocycles. The lowest BCUT2D eigenvalue weighted by atomic mass is 10.1. The van der Waals surface area contributed by atoms with Gasteiger partial charge in [-0.2, -0.15) is 4.98 Å². The number of allylic oxidation sites excluding steroid dienone is 1. The number of carboxylic acids is 1. The van der Waals surface area contributed by atoms with Crippen molar-refractivity contribution < 1.29 is 19.2 Å². The molecule has 2 aromatic rings. The number of aromatic nitrogens is 2. The summed E-state index contributed by atoms with van der Waals surface area (Å²) in [7, 11) is 0. The van der Waals surface area contributed by atoms with Gasteiger partial charge in [0.15, 0.2) is 0 Å². The van der Waals surface area contributed by atoms with E-state index in [0.29, 0.717) is 24.6 Å². The van der Waals surface area contributed by atoms with Crippen LogP contribution in [0.15, 0.2) is 34.2 Å². The Bertz CT molecular complexity index is 694. The normalized spacial score (nSPS) is 12.4. The molecule has 128 valence electrons. The van der Waals surface area contributed by atoms with Crippen LogP contribution in [0.1, 0.15) is 32.1 Å². The number of rotatable bonds is 9. The summed E-state index contributed by atoms with van der Waals surface area (Å²) in [5, 5.41) is 17.4. The zero-order chi connectivity index (χ0) is 17.4. The van der Waals surface area contributed by atoms with Gasteiger partial charge in [-0.3, -0.25) is 4.79 Å². The lowest BCUT2D eigenvalue weighted by Gasteiger charge is -2.12. The van der Waals surface area contributed by atoms with Crippen LogP contribution in [-0.2, 0) is 16.0 Å². The second kappa shape index (κ2) is 8.97. The van der Waals surface area contributed by atoms with Crippen molar-refractivity contribution in [1.29, 1.82) is 0 Å². The molecule has 0 saturated heterocycles. The average molecular weight is 349 g/mol. The van der Waals surface area contributed by atoms with E-state index in [0.717, 1.165) is 4.88 Å². The summed E-state index contributed by atoms with van der Waals surface area (Å²) in [6, 6.07) is 2.92. The van der Waals surface area contributed by atoms with E-state index in [4.69, 9.17) is 9.63 Å². The molecule has 2 aromatic heterocycles. The van der Waals surface area contributed by atoms with Crippen LogP contribution in [0.5, 0.6) is 0 Å². The van der Waals surface area contributed by atoms with Gasteiger partial charge in [0, 0.05) is 12.8 Å². The third-order valence-corrected chi connectivity index (χ3v) is 4.11. The number of nitrogens with one attached hydrogen (secondary N) is 1. The lowest BCUT2D eigenvalue weighted by molar-refractivity contribution is -0.141. The number of carbonyl (C=O) groups is 2. The van der Waals surface area contributed by atoms with Crippen LogP contribution in [-0.4, -0.2) is 33.2 Å². The summed E-state index contributed by atoms with van der Waals surface area (Å²) in [4.78, 5) is 28.1. The summed E-state index contributed by atoms with van der Waals surface area (Å²) in [5.74, 6) is -0.333. The van der Waals surface area contributed by atoms with E-state index in [1.807, 2.05) is 17.5 Å². The summed E-state index contributed by atoms with van der Waals surface area (Å²) in [5.41, 5.74) is 0. The lowest BCUT2D eigenvalue weighted by Crippen LogP contribution is -2.40. The zero-order valence-electron chi connectivity index (χ0n) is 13.3. The zero-order valence-corrected chi connectivity index (χ0v) is 14.1. The third kappa shape index (κ3) is 5.31. The second-order valence-electron chi connectivity index (χ2n) is 5.11. The predicted octanol–water partition coefficient (Wildman–Crippen LogP) is 2.66. The van der Waals surface area contributed by atoms with Crippen molar-refractivity contribution in [3.05, 3.63) is 35.6 Å². The fourth-order valence-electron chi connectivity index (χ4n) is 2.02. The molecule has 24 heavy (non-hydrogen) atoms.